The Kier molecular flexibility index (Phi) is 5.24. The quantitative estimate of drug-likeness (QED) is 0.874. The zero-order valence-electron chi connectivity index (χ0n) is 13.3. The summed E-state index contributed by atoms with van der Waals surface area (Å²) in [5, 5.41) is 13.6. The molecule has 3 rings (SSSR count). The van der Waals surface area contributed by atoms with Gasteiger partial charge in [-0.15, -0.1) is 0 Å². The lowest BCUT2D eigenvalue weighted by atomic mass is 9.74. The van der Waals surface area contributed by atoms with Gasteiger partial charge in [0.05, 0.1) is 7.11 Å². The molecule has 0 bridgehead atoms. The maximum Gasteiger partial charge on any atom is 0.162 e. The van der Waals surface area contributed by atoms with Gasteiger partial charge in [0.15, 0.2) is 5.15 Å². The monoisotopic (exact) mass is 363 g/mol. The van der Waals surface area contributed by atoms with E-state index in [1.807, 2.05) is 12.1 Å². The molecule has 0 radical (unpaired) electrons. The Bertz CT molecular complexity index is 733. The number of nitrogens with zero attached hydrogens (tertiary/aromatic N) is 2. The topological polar surface area (TPSA) is 67.2 Å². The summed E-state index contributed by atoms with van der Waals surface area (Å²) in [6.45, 7) is 2.15. The summed E-state index contributed by atoms with van der Waals surface area (Å²) < 4.78 is 14.9. The molecule has 126 valence electrons. The Hall–Kier alpha value is -1.81. The highest BCUT2D eigenvalue weighted by atomic mass is 35.5. The van der Waals surface area contributed by atoms with Crippen molar-refractivity contribution in [2.45, 2.75) is 18.3 Å². The summed E-state index contributed by atoms with van der Waals surface area (Å²) in [7, 11) is 1.66. The average Bonchev–Trinajstić information content (AvgIpc) is 3.00. The minimum atomic E-state index is -0.0479. The predicted molar refractivity (Wildman–Crippen MR) is 95.1 cm³/mol. The van der Waals surface area contributed by atoms with E-state index in [9.17, 15) is 5.26 Å². The van der Waals surface area contributed by atoms with E-state index in [0.29, 0.717) is 12.1 Å². The highest BCUT2D eigenvalue weighted by Gasteiger charge is 2.34. The second kappa shape index (κ2) is 7.39. The summed E-state index contributed by atoms with van der Waals surface area (Å²) in [6, 6.07) is 10.3. The van der Waals surface area contributed by atoms with Gasteiger partial charge in [-0.2, -0.15) is 9.64 Å². The number of aromatic nitrogens is 1. The van der Waals surface area contributed by atoms with Crippen LogP contribution in [0.15, 0.2) is 24.3 Å². The smallest absolute Gasteiger partial charge is 0.162 e. The Morgan fingerprint density at radius 2 is 2.08 bits per heavy atom. The van der Waals surface area contributed by atoms with E-state index >= 15 is 0 Å². The summed E-state index contributed by atoms with van der Waals surface area (Å²) in [5.74, 6) is 0.843. The van der Waals surface area contributed by atoms with Crippen LogP contribution in [0.2, 0.25) is 5.15 Å². The maximum absolute atomic E-state index is 9.22. The molecular formula is C17H18ClN3O2S. The normalized spacial score (nSPS) is 16.4. The Labute approximate surface area is 150 Å². The molecule has 2 heterocycles. The number of hydrogen-bond donors (Lipinski definition) is 1. The van der Waals surface area contributed by atoms with Gasteiger partial charge in [-0.1, -0.05) is 23.7 Å². The summed E-state index contributed by atoms with van der Waals surface area (Å²) in [5.41, 5.74) is 1.61. The van der Waals surface area contributed by atoms with Crippen LogP contribution in [0.3, 0.4) is 0 Å². The molecule has 2 aromatic rings. The van der Waals surface area contributed by atoms with Gasteiger partial charge in [0.2, 0.25) is 0 Å². The summed E-state index contributed by atoms with van der Waals surface area (Å²) >= 11 is 7.18. The number of nitrogens with one attached hydrogen (secondary N) is 1. The number of hydrogen-bond acceptors (Lipinski definition) is 6. The number of halogens is 1. The lowest BCUT2D eigenvalue weighted by Gasteiger charge is -2.38. The second-order valence-electron chi connectivity index (χ2n) is 5.76. The van der Waals surface area contributed by atoms with E-state index in [-0.39, 0.29) is 10.6 Å². The standard InChI is InChI=1S/C17H18ClN3O2S/c1-22-13-4-2-12(3-5-13)17(6-8-23-9-7-17)11-20-16-14(10-19)15(18)21-24-16/h2-5,20H,6-9,11H2,1H3. The summed E-state index contributed by atoms with van der Waals surface area (Å²) in [4.78, 5) is 0. The molecule has 1 aliphatic rings. The Morgan fingerprint density at radius 3 is 2.71 bits per heavy atom. The van der Waals surface area contributed by atoms with Crippen LogP contribution in [0.1, 0.15) is 24.0 Å². The first kappa shape index (κ1) is 17.0. The minimum Gasteiger partial charge on any atom is -0.497 e. The van der Waals surface area contributed by atoms with Crippen LogP contribution in [-0.4, -0.2) is 31.2 Å². The minimum absolute atomic E-state index is 0.0479. The molecule has 1 fully saturated rings. The van der Waals surface area contributed by atoms with E-state index in [0.717, 1.165) is 36.8 Å². The zero-order chi connectivity index (χ0) is 17.0. The fourth-order valence-corrected chi connectivity index (χ4v) is 3.94. The molecule has 0 aliphatic carbocycles. The van der Waals surface area contributed by atoms with Crippen LogP contribution >= 0.6 is 23.1 Å². The van der Waals surface area contributed by atoms with Gasteiger partial charge in [-0.3, -0.25) is 0 Å². The third-order valence-corrected chi connectivity index (χ3v) is 5.68. The highest BCUT2D eigenvalue weighted by Crippen LogP contribution is 2.37. The molecular weight excluding hydrogens is 346 g/mol. The van der Waals surface area contributed by atoms with E-state index in [1.54, 1.807) is 7.11 Å². The van der Waals surface area contributed by atoms with Crippen molar-refractivity contribution in [1.82, 2.24) is 4.37 Å². The van der Waals surface area contributed by atoms with Crippen LogP contribution in [0.4, 0.5) is 5.00 Å². The lowest BCUT2D eigenvalue weighted by Crippen LogP contribution is -2.40. The zero-order valence-corrected chi connectivity index (χ0v) is 14.9. The highest BCUT2D eigenvalue weighted by molar-refractivity contribution is 7.10. The van der Waals surface area contributed by atoms with Crippen molar-refractivity contribution < 1.29 is 9.47 Å². The number of nitriles is 1. The molecule has 0 amide bonds. The van der Waals surface area contributed by atoms with Crippen LogP contribution in [0, 0.1) is 11.3 Å². The van der Waals surface area contributed by atoms with Gasteiger partial charge in [-0.05, 0) is 42.1 Å². The first-order valence-electron chi connectivity index (χ1n) is 7.70. The summed E-state index contributed by atoms with van der Waals surface area (Å²) in [6.07, 6.45) is 1.83. The van der Waals surface area contributed by atoms with Crippen molar-refractivity contribution in [2.75, 3.05) is 32.2 Å². The number of benzene rings is 1. The van der Waals surface area contributed by atoms with Crippen molar-refractivity contribution in [3.05, 3.63) is 40.5 Å². The average molecular weight is 364 g/mol. The molecule has 1 aromatic heterocycles. The van der Waals surface area contributed by atoms with Crippen LogP contribution in [0.5, 0.6) is 5.75 Å². The molecule has 1 aliphatic heterocycles. The van der Waals surface area contributed by atoms with Crippen molar-refractivity contribution >= 4 is 28.1 Å². The van der Waals surface area contributed by atoms with Gasteiger partial charge in [-0.25, -0.2) is 0 Å². The number of ether oxygens (including phenoxy) is 2. The fourth-order valence-electron chi connectivity index (χ4n) is 3.01. The van der Waals surface area contributed by atoms with Crippen molar-refractivity contribution in [1.29, 1.82) is 5.26 Å². The molecule has 7 heteroatoms. The number of anilines is 1. The molecule has 1 aromatic carbocycles. The fraction of sp³-hybridized carbons (Fsp3) is 0.412. The van der Waals surface area contributed by atoms with Crippen LogP contribution in [0.25, 0.3) is 0 Å². The van der Waals surface area contributed by atoms with E-state index in [1.165, 1.54) is 17.1 Å². The molecule has 1 saturated heterocycles. The van der Waals surface area contributed by atoms with Gasteiger partial charge in [0.25, 0.3) is 0 Å². The molecule has 0 atom stereocenters. The van der Waals surface area contributed by atoms with Crippen LogP contribution < -0.4 is 10.1 Å². The molecule has 0 unspecified atom stereocenters. The Morgan fingerprint density at radius 1 is 1.38 bits per heavy atom. The number of methoxy groups -OCH3 is 1. The number of rotatable bonds is 5. The molecule has 0 saturated carbocycles. The third kappa shape index (κ3) is 3.34. The third-order valence-electron chi connectivity index (χ3n) is 4.50. The van der Waals surface area contributed by atoms with Gasteiger partial charge in [0, 0.05) is 25.2 Å². The molecule has 0 spiro atoms. The van der Waals surface area contributed by atoms with Crippen molar-refractivity contribution in [3.63, 3.8) is 0 Å². The lowest BCUT2D eigenvalue weighted by molar-refractivity contribution is 0.0544. The Balaban J connectivity index is 1.84. The second-order valence-corrected chi connectivity index (χ2v) is 6.90. The van der Waals surface area contributed by atoms with E-state index < -0.39 is 0 Å². The van der Waals surface area contributed by atoms with E-state index in [2.05, 4.69) is 27.9 Å². The van der Waals surface area contributed by atoms with Crippen molar-refractivity contribution in [2.24, 2.45) is 0 Å². The van der Waals surface area contributed by atoms with Crippen molar-refractivity contribution in [3.8, 4) is 11.8 Å². The largest absolute Gasteiger partial charge is 0.497 e. The van der Waals surface area contributed by atoms with Gasteiger partial charge >= 0.3 is 0 Å². The van der Waals surface area contributed by atoms with Gasteiger partial charge in [0.1, 0.15) is 22.4 Å². The SMILES string of the molecule is COc1ccc(C2(CNc3snc(Cl)c3C#N)CCOCC2)cc1. The van der Waals surface area contributed by atoms with E-state index in [4.69, 9.17) is 21.1 Å². The first-order chi connectivity index (χ1) is 11.7. The maximum atomic E-state index is 9.22. The first-order valence-corrected chi connectivity index (χ1v) is 8.85. The molecule has 1 N–H and O–H groups in total. The predicted octanol–water partition coefficient (Wildman–Crippen LogP) is 3.84. The van der Waals surface area contributed by atoms with Crippen LogP contribution in [-0.2, 0) is 10.2 Å². The molecule has 5 nitrogen and oxygen atoms in total. The van der Waals surface area contributed by atoms with Gasteiger partial charge < -0.3 is 14.8 Å². The molecule has 24 heavy (non-hydrogen) atoms.